The number of carbonyl (C=O) groups is 1. The molecule has 2 rings (SSSR count). The Hall–Kier alpha value is -1.23. The van der Waals surface area contributed by atoms with Crippen molar-refractivity contribution in [3.63, 3.8) is 0 Å². The van der Waals surface area contributed by atoms with Crippen LogP contribution in [0.1, 0.15) is 10.4 Å². The van der Waals surface area contributed by atoms with Crippen molar-refractivity contribution in [2.45, 2.75) is 0 Å². The Balaban J connectivity index is 2.55. The molecule has 0 saturated heterocycles. The molecule has 0 aliphatic carbocycles. The number of rotatable bonds is 2. The highest BCUT2D eigenvalue weighted by atomic mass is 35.5. The molecule has 0 radical (unpaired) electrons. The Labute approximate surface area is 118 Å². The second kappa shape index (κ2) is 5.18. The van der Waals surface area contributed by atoms with E-state index in [2.05, 4.69) is 10.4 Å². The minimum Gasteiger partial charge on any atom is -0.355 e. The van der Waals surface area contributed by atoms with E-state index >= 15 is 0 Å². The average Bonchev–Trinajstić information content (AvgIpc) is 2.73. The van der Waals surface area contributed by atoms with Crippen LogP contribution < -0.4 is 5.32 Å². The first-order valence-corrected chi connectivity index (χ1v) is 6.09. The summed E-state index contributed by atoms with van der Waals surface area (Å²) in [6, 6.07) is 4.91. The van der Waals surface area contributed by atoms with E-state index < -0.39 is 0 Å². The fourth-order valence-corrected chi connectivity index (χ4v) is 2.07. The normalized spacial score (nSPS) is 10.4. The van der Waals surface area contributed by atoms with Crippen molar-refractivity contribution >= 4 is 40.7 Å². The van der Waals surface area contributed by atoms with Crippen LogP contribution in [0.3, 0.4) is 0 Å². The predicted molar refractivity (Wildman–Crippen MR) is 72.0 cm³/mol. The number of halogens is 3. The smallest absolute Gasteiger partial charge is 0.255 e. The van der Waals surface area contributed by atoms with E-state index in [-0.39, 0.29) is 16.6 Å². The molecule has 0 aliphatic rings. The third-order valence-electron chi connectivity index (χ3n) is 2.32. The molecule has 0 saturated carbocycles. The first-order chi connectivity index (χ1) is 8.54. The van der Waals surface area contributed by atoms with E-state index in [9.17, 15) is 4.79 Å². The van der Waals surface area contributed by atoms with Gasteiger partial charge in [0.05, 0.1) is 22.5 Å². The summed E-state index contributed by atoms with van der Waals surface area (Å²) >= 11 is 18.0. The largest absolute Gasteiger partial charge is 0.355 e. The van der Waals surface area contributed by atoms with Crippen molar-refractivity contribution in [3.05, 3.63) is 45.2 Å². The molecule has 0 bridgehead atoms. The maximum absolute atomic E-state index is 11.5. The summed E-state index contributed by atoms with van der Waals surface area (Å²) in [7, 11) is 1.52. The van der Waals surface area contributed by atoms with Crippen LogP contribution in [0.15, 0.2) is 24.4 Å². The third kappa shape index (κ3) is 2.32. The molecular weight excluding hydrogens is 296 g/mol. The van der Waals surface area contributed by atoms with Crippen LogP contribution in [0.5, 0.6) is 0 Å². The summed E-state index contributed by atoms with van der Waals surface area (Å²) in [6.07, 6.45) is 1.37. The van der Waals surface area contributed by atoms with Crippen molar-refractivity contribution in [1.82, 2.24) is 15.1 Å². The molecule has 1 N–H and O–H groups in total. The summed E-state index contributed by atoms with van der Waals surface area (Å²) in [4.78, 5) is 11.5. The van der Waals surface area contributed by atoms with Gasteiger partial charge in [-0.3, -0.25) is 4.79 Å². The summed E-state index contributed by atoms with van der Waals surface area (Å²) in [5.41, 5.74) is 0.791. The lowest BCUT2D eigenvalue weighted by atomic mass is 10.3. The highest BCUT2D eigenvalue weighted by Crippen LogP contribution is 2.28. The maximum atomic E-state index is 11.5. The minimum atomic E-state index is -0.315. The van der Waals surface area contributed by atoms with Gasteiger partial charge < -0.3 is 5.32 Å². The van der Waals surface area contributed by atoms with E-state index in [1.165, 1.54) is 17.9 Å². The fraction of sp³-hybridized carbons (Fsp3) is 0.0909. The van der Waals surface area contributed by atoms with Gasteiger partial charge in [0.1, 0.15) is 5.15 Å². The number of nitrogens with one attached hydrogen (secondary N) is 1. The van der Waals surface area contributed by atoms with Crippen LogP contribution >= 0.6 is 34.8 Å². The number of hydrogen-bond donors (Lipinski definition) is 1. The van der Waals surface area contributed by atoms with Gasteiger partial charge in [-0.05, 0) is 18.2 Å². The highest BCUT2D eigenvalue weighted by molar-refractivity contribution is 6.35. The molecule has 0 spiro atoms. The van der Waals surface area contributed by atoms with E-state index in [0.717, 1.165) is 0 Å². The Morgan fingerprint density at radius 3 is 2.72 bits per heavy atom. The monoisotopic (exact) mass is 303 g/mol. The Morgan fingerprint density at radius 2 is 2.06 bits per heavy atom. The zero-order valence-electron chi connectivity index (χ0n) is 9.25. The first-order valence-electron chi connectivity index (χ1n) is 4.95. The molecule has 1 heterocycles. The fourth-order valence-electron chi connectivity index (χ4n) is 1.44. The minimum absolute atomic E-state index is 0.179. The maximum Gasteiger partial charge on any atom is 0.255 e. The average molecular weight is 305 g/mol. The molecule has 0 atom stereocenters. The number of amides is 1. The lowest BCUT2D eigenvalue weighted by molar-refractivity contribution is 0.0963. The molecule has 4 nitrogen and oxygen atoms in total. The predicted octanol–water partition coefficient (Wildman–Crippen LogP) is 3.19. The second-order valence-corrected chi connectivity index (χ2v) is 4.64. The number of benzene rings is 1. The lowest BCUT2D eigenvalue weighted by Gasteiger charge is -2.06. The van der Waals surface area contributed by atoms with Crippen molar-refractivity contribution in [2.24, 2.45) is 0 Å². The van der Waals surface area contributed by atoms with Crippen LogP contribution in [0, 0.1) is 0 Å². The standard InChI is InChI=1S/C11H8Cl3N3O/c1-15-11(18)7-5-16-17(10(7)14)9-4-6(12)2-3-8(9)13/h2-5H,1H3,(H,15,18). The topological polar surface area (TPSA) is 46.9 Å². The van der Waals surface area contributed by atoms with Gasteiger partial charge in [-0.15, -0.1) is 0 Å². The Bertz CT molecular complexity index is 610. The number of carbonyl (C=O) groups excluding carboxylic acids is 1. The van der Waals surface area contributed by atoms with Crippen LogP contribution in [-0.4, -0.2) is 22.7 Å². The number of hydrogen-bond acceptors (Lipinski definition) is 2. The van der Waals surface area contributed by atoms with E-state index in [4.69, 9.17) is 34.8 Å². The zero-order valence-corrected chi connectivity index (χ0v) is 11.5. The van der Waals surface area contributed by atoms with Crippen LogP contribution in [0.2, 0.25) is 15.2 Å². The van der Waals surface area contributed by atoms with Crippen molar-refractivity contribution in [1.29, 1.82) is 0 Å². The van der Waals surface area contributed by atoms with E-state index in [1.807, 2.05) is 0 Å². The van der Waals surface area contributed by atoms with Gasteiger partial charge in [0.25, 0.3) is 5.91 Å². The van der Waals surface area contributed by atoms with Gasteiger partial charge in [0.2, 0.25) is 0 Å². The van der Waals surface area contributed by atoms with E-state index in [1.54, 1.807) is 18.2 Å². The van der Waals surface area contributed by atoms with Crippen LogP contribution in [0.25, 0.3) is 5.69 Å². The zero-order chi connectivity index (χ0) is 13.3. The molecule has 94 valence electrons. The molecule has 0 aliphatic heterocycles. The van der Waals surface area contributed by atoms with Crippen molar-refractivity contribution < 1.29 is 4.79 Å². The lowest BCUT2D eigenvalue weighted by Crippen LogP contribution is -2.17. The van der Waals surface area contributed by atoms with Gasteiger partial charge >= 0.3 is 0 Å². The molecule has 0 unspecified atom stereocenters. The molecule has 18 heavy (non-hydrogen) atoms. The summed E-state index contributed by atoms with van der Waals surface area (Å²) in [5.74, 6) is -0.315. The molecule has 1 aromatic carbocycles. The van der Waals surface area contributed by atoms with Gasteiger partial charge in [0.15, 0.2) is 0 Å². The first kappa shape index (κ1) is 13.2. The summed E-state index contributed by atoms with van der Waals surface area (Å²) in [6.45, 7) is 0. The SMILES string of the molecule is CNC(=O)c1cnn(-c2cc(Cl)ccc2Cl)c1Cl. The van der Waals surface area contributed by atoms with Crippen LogP contribution in [-0.2, 0) is 0 Å². The number of aromatic nitrogens is 2. The summed E-state index contributed by atoms with van der Waals surface area (Å²) in [5, 5.41) is 7.63. The molecule has 0 fully saturated rings. The third-order valence-corrected chi connectivity index (χ3v) is 3.24. The quantitative estimate of drug-likeness (QED) is 0.926. The molecule has 7 heteroatoms. The molecule has 1 amide bonds. The van der Waals surface area contributed by atoms with Crippen molar-refractivity contribution in [2.75, 3.05) is 7.05 Å². The number of nitrogens with zero attached hydrogens (tertiary/aromatic N) is 2. The van der Waals surface area contributed by atoms with E-state index in [0.29, 0.717) is 15.7 Å². The Morgan fingerprint density at radius 1 is 1.33 bits per heavy atom. The van der Waals surface area contributed by atoms with Gasteiger partial charge in [-0.1, -0.05) is 34.8 Å². The molecule has 1 aromatic heterocycles. The van der Waals surface area contributed by atoms with Gasteiger partial charge in [-0.2, -0.15) is 5.10 Å². The van der Waals surface area contributed by atoms with Gasteiger partial charge in [0, 0.05) is 12.1 Å². The molecule has 2 aromatic rings. The summed E-state index contributed by atoms with van der Waals surface area (Å²) < 4.78 is 1.36. The molecular formula is C11H8Cl3N3O. The Kier molecular flexibility index (Phi) is 3.80. The van der Waals surface area contributed by atoms with Crippen LogP contribution in [0.4, 0.5) is 0 Å². The van der Waals surface area contributed by atoms with Gasteiger partial charge in [-0.25, -0.2) is 4.68 Å². The second-order valence-electron chi connectivity index (χ2n) is 3.44. The highest BCUT2D eigenvalue weighted by Gasteiger charge is 2.17. The van der Waals surface area contributed by atoms with Crippen molar-refractivity contribution in [3.8, 4) is 5.69 Å².